The van der Waals surface area contributed by atoms with E-state index in [0.717, 1.165) is 57.7 Å². The maximum atomic E-state index is 5.05. The van der Waals surface area contributed by atoms with Crippen LogP contribution in [0.4, 0.5) is 5.95 Å². The van der Waals surface area contributed by atoms with Gasteiger partial charge in [0.15, 0.2) is 5.96 Å². The molecule has 2 rings (SSSR count). The Bertz CT molecular complexity index is 430. The monoisotopic (exact) mass is 292 g/mol. The Morgan fingerprint density at radius 3 is 2.62 bits per heavy atom. The molecule has 0 radical (unpaired) electrons. The standard InChI is InChI=1S/C14H24N6O/c1-15-13(16-7-4-12-21-2)19-8-10-20(11-9-19)14-17-5-3-6-18-14/h3,5-6H,4,7-12H2,1-2H3,(H,15,16). The molecule has 116 valence electrons. The van der Waals surface area contributed by atoms with Crippen LogP contribution in [0.2, 0.25) is 0 Å². The first kappa shape index (κ1) is 15.5. The first-order valence-corrected chi connectivity index (χ1v) is 7.31. The number of nitrogens with zero attached hydrogens (tertiary/aromatic N) is 5. The Balaban J connectivity index is 1.79. The summed E-state index contributed by atoms with van der Waals surface area (Å²) in [7, 11) is 3.55. The number of anilines is 1. The fraction of sp³-hybridized carbons (Fsp3) is 0.643. The number of hydrogen-bond acceptors (Lipinski definition) is 5. The van der Waals surface area contributed by atoms with E-state index in [1.807, 2.05) is 13.1 Å². The van der Waals surface area contributed by atoms with Crippen LogP contribution in [0.15, 0.2) is 23.5 Å². The second-order valence-corrected chi connectivity index (χ2v) is 4.84. The molecule has 0 atom stereocenters. The summed E-state index contributed by atoms with van der Waals surface area (Å²) in [6.07, 6.45) is 4.54. The molecule has 0 amide bonds. The molecule has 1 aliphatic rings. The molecule has 21 heavy (non-hydrogen) atoms. The van der Waals surface area contributed by atoms with E-state index >= 15 is 0 Å². The number of aromatic nitrogens is 2. The van der Waals surface area contributed by atoms with Crippen molar-refractivity contribution in [1.82, 2.24) is 20.2 Å². The molecule has 1 fully saturated rings. The van der Waals surface area contributed by atoms with E-state index in [1.54, 1.807) is 19.5 Å². The molecule has 0 unspecified atom stereocenters. The highest BCUT2D eigenvalue weighted by atomic mass is 16.5. The van der Waals surface area contributed by atoms with Crippen molar-refractivity contribution >= 4 is 11.9 Å². The molecule has 0 aliphatic carbocycles. The molecule has 0 aromatic carbocycles. The zero-order valence-electron chi connectivity index (χ0n) is 12.8. The zero-order chi connectivity index (χ0) is 14.9. The van der Waals surface area contributed by atoms with Gasteiger partial charge in [0, 0.05) is 65.9 Å². The third-order valence-electron chi connectivity index (χ3n) is 3.43. The van der Waals surface area contributed by atoms with Gasteiger partial charge in [0.1, 0.15) is 0 Å². The highest BCUT2D eigenvalue weighted by molar-refractivity contribution is 5.80. The second-order valence-electron chi connectivity index (χ2n) is 4.84. The lowest BCUT2D eigenvalue weighted by atomic mass is 10.3. The van der Waals surface area contributed by atoms with Gasteiger partial charge in [-0.15, -0.1) is 0 Å². The minimum absolute atomic E-state index is 0.767. The lowest BCUT2D eigenvalue weighted by molar-refractivity contribution is 0.195. The number of ether oxygens (including phenoxy) is 1. The predicted octanol–water partition coefficient (Wildman–Crippen LogP) is 0.211. The number of methoxy groups -OCH3 is 1. The Labute approximate surface area is 126 Å². The van der Waals surface area contributed by atoms with Crippen LogP contribution >= 0.6 is 0 Å². The van der Waals surface area contributed by atoms with Gasteiger partial charge in [-0.1, -0.05) is 0 Å². The molecule has 2 heterocycles. The van der Waals surface area contributed by atoms with Crippen molar-refractivity contribution in [3.8, 4) is 0 Å². The summed E-state index contributed by atoms with van der Waals surface area (Å²) >= 11 is 0. The van der Waals surface area contributed by atoms with Crippen LogP contribution in [0.1, 0.15) is 6.42 Å². The molecular weight excluding hydrogens is 268 g/mol. The molecule has 1 N–H and O–H groups in total. The highest BCUT2D eigenvalue weighted by Crippen LogP contribution is 2.09. The smallest absolute Gasteiger partial charge is 0.225 e. The molecule has 7 heteroatoms. The Morgan fingerprint density at radius 2 is 2.00 bits per heavy atom. The van der Waals surface area contributed by atoms with Crippen molar-refractivity contribution in [2.75, 3.05) is 58.4 Å². The number of piperazine rings is 1. The number of aliphatic imine (C=N–C) groups is 1. The summed E-state index contributed by atoms with van der Waals surface area (Å²) in [4.78, 5) is 17.4. The summed E-state index contributed by atoms with van der Waals surface area (Å²) in [5.74, 6) is 1.76. The fourth-order valence-electron chi connectivity index (χ4n) is 2.32. The van der Waals surface area contributed by atoms with Gasteiger partial charge < -0.3 is 19.9 Å². The highest BCUT2D eigenvalue weighted by Gasteiger charge is 2.20. The number of nitrogens with one attached hydrogen (secondary N) is 1. The van der Waals surface area contributed by atoms with Crippen LogP contribution in [-0.2, 0) is 4.74 Å². The van der Waals surface area contributed by atoms with Crippen LogP contribution in [0.3, 0.4) is 0 Å². The summed E-state index contributed by atoms with van der Waals surface area (Å²) in [5.41, 5.74) is 0. The Kier molecular flexibility index (Phi) is 6.21. The average molecular weight is 292 g/mol. The minimum Gasteiger partial charge on any atom is -0.385 e. The van der Waals surface area contributed by atoms with Crippen LogP contribution < -0.4 is 10.2 Å². The van der Waals surface area contributed by atoms with Crippen molar-refractivity contribution < 1.29 is 4.74 Å². The third-order valence-corrected chi connectivity index (χ3v) is 3.43. The van der Waals surface area contributed by atoms with Crippen LogP contribution in [0.5, 0.6) is 0 Å². The van der Waals surface area contributed by atoms with E-state index in [2.05, 4.69) is 30.1 Å². The van der Waals surface area contributed by atoms with Gasteiger partial charge in [-0.2, -0.15) is 0 Å². The van der Waals surface area contributed by atoms with Gasteiger partial charge in [-0.05, 0) is 12.5 Å². The molecule has 0 saturated carbocycles. The van der Waals surface area contributed by atoms with Gasteiger partial charge in [-0.25, -0.2) is 9.97 Å². The minimum atomic E-state index is 0.767. The summed E-state index contributed by atoms with van der Waals surface area (Å²) < 4.78 is 5.05. The van der Waals surface area contributed by atoms with E-state index in [-0.39, 0.29) is 0 Å². The molecule has 0 bridgehead atoms. The summed E-state index contributed by atoms with van der Waals surface area (Å²) in [5, 5.41) is 3.37. The normalized spacial score (nSPS) is 16.2. The molecule has 1 saturated heterocycles. The van der Waals surface area contributed by atoms with Gasteiger partial charge in [0.25, 0.3) is 0 Å². The van der Waals surface area contributed by atoms with Gasteiger partial charge >= 0.3 is 0 Å². The quantitative estimate of drug-likeness (QED) is 0.475. The molecule has 7 nitrogen and oxygen atoms in total. The van der Waals surface area contributed by atoms with E-state index in [1.165, 1.54) is 0 Å². The van der Waals surface area contributed by atoms with Crippen molar-refractivity contribution in [2.24, 2.45) is 4.99 Å². The molecule has 1 aromatic heterocycles. The summed E-state index contributed by atoms with van der Waals surface area (Å²) in [6.45, 7) is 5.29. The second kappa shape index (κ2) is 8.41. The Hall–Kier alpha value is -1.89. The van der Waals surface area contributed by atoms with Gasteiger partial charge in [-0.3, -0.25) is 4.99 Å². The van der Waals surface area contributed by atoms with Gasteiger partial charge in [0.2, 0.25) is 5.95 Å². The third kappa shape index (κ3) is 4.56. The van der Waals surface area contributed by atoms with E-state index < -0.39 is 0 Å². The molecular formula is C14H24N6O. The maximum absolute atomic E-state index is 5.05. The van der Waals surface area contributed by atoms with Crippen molar-refractivity contribution in [2.45, 2.75) is 6.42 Å². The molecule has 1 aromatic rings. The predicted molar refractivity (Wildman–Crippen MR) is 83.7 cm³/mol. The van der Waals surface area contributed by atoms with E-state index in [0.29, 0.717) is 0 Å². The average Bonchev–Trinajstić information content (AvgIpc) is 2.56. The zero-order valence-corrected chi connectivity index (χ0v) is 12.8. The number of guanidine groups is 1. The van der Waals surface area contributed by atoms with Crippen molar-refractivity contribution in [1.29, 1.82) is 0 Å². The number of hydrogen-bond donors (Lipinski definition) is 1. The van der Waals surface area contributed by atoms with Crippen LogP contribution in [-0.4, -0.2) is 74.3 Å². The van der Waals surface area contributed by atoms with Crippen molar-refractivity contribution in [3.63, 3.8) is 0 Å². The lowest BCUT2D eigenvalue weighted by Gasteiger charge is -2.36. The first-order valence-electron chi connectivity index (χ1n) is 7.31. The largest absolute Gasteiger partial charge is 0.385 e. The van der Waals surface area contributed by atoms with Gasteiger partial charge in [0.05, 0.1) is 0 Å². The van der Waals surface area contributed by atoms with E-state index in [9.17, 15) is 0 Å². The molecule has 1 aliphatic heterocycles. The Morgan fingerprint density at radius 1 is 1.29 bits per heavy atom. The van der Waals surface area contributed by atoms with E-state index in [4.69, 9.17) is 4.74 Å². The molecule has 0 spiro atoms. The topological polar surface area (TPSA) is 65.9 Å². The SMILES string of the molecule is CN=C(NCCCOC)N1CCN(c2ncccn2)CC1. The van der Waals surface area contributed by atoms with Crippen LogP contribution in [0, 0.1) is 0 Å². The first-order chi connectivity index (χ1) is 10.3. The maximum Gasteiger partial charge on any atom is 0.225 e. The summed E-state index contributed by atoms with van der Waals surface area (Å²) in [6, 6.07) is 1.84. The fourth-order valence-corrected chi connectivity index (χ4v) is 2.32. The number of rotatable bonds is 5. The lowest BCUT2D eigenvalue weighted by Crippen LogP contribution is -2.53. The van der Waals surface area contributed by atoms with Crippen LogP contribution in [0.25, 0.3) is 0 Å². The van der Waals surface area contributed by atoms with Crippen molar-refractivity contribution in [3.05, 3.63) is 18.5 Å².